The molecule has 184 valence electrons. The van der Waals surface area contributed by atoms with E-state index >= 15 is 0 Å². The van der Waals surface area contributed by atoms with Crippen LogP contribution in [0.4, 0.5) is 14.6 Å². The average molecular weight is 491 g/mol. The zero-order valence-corrected chi connectivity index (χ0v) is 19.4. The molecule has 36 heavy (non-hydrogen) atoms. The quantitative estimate of drug-likeness (QED) is 0.532. The molecule has 8 nitrogen and oxygen atoms in total. The predicted octanol–water partition coefficient (Wildman–Crippen LogP) is 3.56. The van der Waals surface area contributed by atoms with Gasteiger partial charge in [0.2, 0.25) is 0 Å². The molecule has 2 aliphatic rings. The molecule has 0 radical (unpaired) electrons. The largest absolute Gasteiger partial charge is 0.454 e. The molecule has 1 atom stereocenters. The van der Waals surface area contributed by atoms with Crippen LogP contribution in [0.15, 0.2) is 42.5 Å². The van der Waals surface area contributed by atoms with E-state index in [0.717, 1.165) is 18.6 Å². The first kappa shape index (κ1) is 23.4. The number of primary amides is 1. The molecule has 2 aliphatic heterocycles. The minimum Gasteiger partial charge on any atom is -0.454 e. The second-order valence-electron chi connectivity index (χ2n) is 8.71. The van der Waals surface area contributed by atoms with Gasteiger partial charge < -0.3 is 20.7 Å². The number of ether oxygens (including phenoxy) is 1. The van der Waals surface area contributed by atoms with Gasteiger partial charge in [0.05, 0.1) is 6.04 Å². The van der Waals surface area contributed by atoms with Gasteiger partial charge in [0.25, 0.3) is 11.8 Å². The van der Waals surface area contributed by atoms with Crippen LogP contribution >= 0.6 is 0 Å². The van der Waals surface area contributed by atoms with Gasteiger partial charge in [0.15, 0.2) is 11.6 Å². The number of nitrogens with zero attached hydrogens (tertiary/aromatic N) is 3. The van der Waals surface area contributed by atoms with Crippen molar-refractivity contribution in [3.63, 3.8) is 0 Å². The first-order chi connectivity index (χ1) is 17.4. The summed E-state index contributed by atoms with van der Waals surface area (Å²) in [5.41, 5.74) is 7.07. The molecular formula is C26H23F2N5O3. The van der Waals surface area contributed by atoms with Crippen molar-refractivity contribution >= 4 is 17.6 Å². The van der Waals surface area contributed by atoms with Crippen molar-refractivity contribution in [2.45, 2.75) is 19.4 Å². The van der Waals surface area contributed by atoms with Gasteiger partial charge in [-0.25, -0.2) is 13.5 Å². The fraction of sp³-hybridized carbons (Fsp3) is 0.269. The van der Waals surface area contributed by atoms with Gasteiger partial charge in [-0.3, -0.25) is 9.59 Å². The molecule has 3 aromatic rings. The highest BCUT2D eigenvalue weighted by atomic mass is 19.1. The Morgan fingerprint density at radius 1 is 1.17 bits per heavy atom. The maximum Gasteiger partial charge on any atom is 0.298 e. The topological polar surface area (TPSA) is 102 Å². The molecule has 0 spiro atoms. The third-order valence-corrected chi connectivity index (χ3v) is 6.43. The number of hydrogen-bond donors (Lipinski definition) is 2. The lowest BCUT2D eigenvalue weighted by Crippen LogP contribution is -2.53. The highest BCUT2D eigenvalue weighted by Gasteiger charge is 2.40. The van der Waals surface area contributed by atoms with Crippen LogP contribution in [0.1, 0.15) is 29.7 Å². The molecule has 0 bridgehead atoms. The van der Waals surface area contributed by atoms with Gasteiger partial charge in [0.1, 0.15) is 28.6 Å². The van der Waals surface area contributed by atoms with Crippen molar-refractivity contribution in [1.82, 2.24) is 14.7 Å². The number of halogens is 2. The molecule has 1 unspecified atom stereocenters. The minimum absolute atomic E-state index is 0.00389. The van der Waals surface area contributed by atoms with Gasteiger partial charge in [-0.2, -0.15) is 5.10 Å². The Hall–Kier alpha value is -4.39. The smallest absolute Gasteiger partial charge is 0.298 e. The van der Waals surface area contributed by atoms with E-state index in [1.807, 2.05) is 0 Å². The fourth-order valence-electron chi connectivity index (χ4n) is 4.65. The molecule has 3 N–H and O–H groups in total. The number of anilines is 1. The molecule has 0 aliphatic carbocycles. The number of nitrogens with one attached hydrogen (secondary N) is 1. The van der Waals surface area contributed by atoms with Gasteiger partial charge in [0, 0.05) is 37.2 Å². The Bertz CT molecular complexity index is 1400. The Labute approximate surface area is 206 Å². The molecule has 3 heterocycles. The SMILES string of the molecule is CC#CC(=O)N1CC(C2CCNc3c(C(N)=O)c(-c4ccc(Oc5ccc(F)cc5F)cc4)nn32)C1. The lowest BCUT2D eigenvalue weighted by Gasteiger charge is -2.44. The van der Waals surface area contributed by atoms with Crippen molar-refractivity contribution in [1.29, 1.82) is 0 Å². The van der Waals surface area contributed by atoms with Gasteiger partial charge in [-0.05, 0) is 55.7 Å². The van der Waals surface area contributed by atoms with E-state index in [9.17, 15) is 18.4 Å². The van der Waals surface area contributed by atoms with Gasteiger partial charge >= 0.3 is 0 Å². The maximum absolute atomic E-state index is 13.9. The third kappa shape index (κ3) is 4.24. The highest BCUT2D eigenvalue weighted by Crippen LogP contribution is 2.40. The second-order valence-corrected chi connectivity index (χ2v) is 8.71. The zero-order valence-electron chi connectivity index (χ0n) is 19.4. The molecule has 10 heteroatoms. The molecule has 1 saturated heterocycles. The number of aromatic nitrogens is 2. The Kier molecular flexibility index (Phi) is 6.06. The molecule has 1 fully saturated rings. The summed E-state index contributed by atoms with van der Waals surface area (Å²) < 4.78 is 34.4. The summed E-state index contributed by atoms with van der Waals surface area (Å²) in [5.74, 6) is 3.84. The summed E-state index contributed by atoms with van der Waals surface area (Å²) in [5, 5.41) is 7.99. The van der Waals surface area contributed by atoms with Crippen LogP contribution in [0.5, 0.6) is 11.5 Å². The van der Waals surface area contributed by atoms with Crippen molar-refractivity contribution in [3.05, 3.63) is 59.7 Å². The van der Waals surface area contributed by atoms with E-state index in [0.29, 0.717) is 42.5 Å². The van der Waals surface area contributed by atoms with E-state index in [1.54, 1.807) is 40.8 Å². The van der Waals surface area contributed by atoms with Gasteiger partial charge in [-0.15, -0.1) is 0 Å². The average Bonchev–Trinajstić information content (AvgIpc) is 3.21. The monoisotopic (exact) mass is 491 g/mol. The summed E-state index contributed by atoms with van der Waals surface area (Å²) in [7, 11) is 0. The molecular weight excluding hydrogens is 468 g/mol. The predicted molar refractivity (Wildman–Crippen MR) is 128 cm³/mol. The normalized spacial score (nSPS) is 16.8. The Morgan fingerprint density at radius 2 is 1.92 bits per heavy atom. The number of nitrogens with two attached hydrogens (primary N) is 1. The maximum atomic E-state index is 13.9. The summed E-state index contributed by atoms with van der Waals surface area (Å²) in [6.45, 7) is 3.42. The number of amides is 2. The second kappa shape index (κ2) is 9.34. The summed E-state index contributed by atoms with van der Waals surface area (Å²) in [4.78, 5) is 26.2. The van der Waals surface area contributed by atoms with E-state index in [4.69, 9.17) is 15.6 Å². The molecule has 2 amide bonds. The molecule has 2 aromatic carbocycles. The summed E-state index contributed by atoms with van der Waals surface area (Å²) in [6, 6.07) is 9.67. The van der Waals surface area contributed by atoms with Crippen LogP contribution in [-0.4, -0.2) is 46.1 Å². The van der Waals surface area contributed by atoms with Crippen molar-refractivity contribution in [2.24, 2.45) is 11.7 Å². The van der Waals surface area contributed by atoms with Crippen molar-refractivity contribution < 1.29 is 23.1 Å². The van der Waals surface area contributed by atoms with E-state index < -0.39 is 17.5 Å². The number of fused-ring (bicyclic) bond motifs is 1. The van der Waals surface area contributed by atoms with Crippen LogP contribution in [-0.2, 0) is 4.79 Å². The van der Waals surface area contributed by atoms with Crippen molar-refractivity contribution in [2.75, 3.05) is 25.0 Å². The zero-order chi connectivity index (χ0) is 25.4. The van der Waals surface area contributed by atoms with Crippen LogP contribution in [0.3, 0.4) is 0 Å². The number of rotatable bonds is 5. The summed E-state index contributed by atoms with van der Waals surface area (Å²) in [6.07, 6.45) is 0.786. The van der Waals surface area contributed by atoms with E-state index in [-0.39, 0.29) is 29.2 Å². The molecule has 0 saturated carbocycles. The standard InChI is InChI=1S/C26H23F2N5O3/c1-2-3-22(34)32-13-16(14-32)20-10-11-30-26-23(25(29)35)24(31-33(20)26)15-4-7-18(8-5-15)36-21-9-6-17(27)12-19(21)28/h4-9,12,16,20,30H,10-11,13-14H2,1H3,(H2,29,35). The van der Waals surface area contributed by atoms with E-state index in [2.05, 4.69) is 17.2 Å². The van der Waals surface area contributed by atoms with Gasteiger partial charge in [-0.1, -0.05) is 5.92 Å². The van der Waals surface area contributed by atoms with E-state index in [1.165, 1.54) is 6.07 Å². The Balaban J connectivity index is 1.41. The number of carbonyl (C=O) groups is 2. The number of carbonyl (C=O) groups excluding carboxylic acids is 2. The van der Waals surface area contributed by atoms with Crippen molar-refractivity contribution in [3.8, 4) is 34.6 Å². The lowest BCUT2D eigenvalue weighted by atomic mass is 9.88. The fourth-order valence-corrected chi connectivity index (χ4v) is 4.65. The number of benzene rings is 2. The lowest BCUT2D eigenvalue weighted by molar-refractivity contribution is -0.132. The number of likely N-dealkylation sites (tertiary alicyclic amines) is 1. The third-order valence-electron chi connectivity index (χ3n) is 6.43. The molecule has 5 rings (SSSR count). The first-order valence-electron chi connectivity index (χ1n) is 11.5. The van der Waals surface area contributed by atoms with Crippen LogP contribution in [0, 0.1) is 29.4 Å². The van der Waals surface area contributed by atoms with Crippen LogP contribution in [0.25, 0.3) is 11.3 Å². The molecule has 1 aromatic heterocycles. The Morgan fingerprint density at radius 3 is 2.58 bits per heavy atom. The minimum atomic E-state index is -0.813. The number of hydrogen-bond acceptors (Lipinski definition) is 5. The first-order valence-corrected chi connectivity index (χ1v) is 11.5. The van der Waals surface area contributed by atoms with Crippen LogP contribution in [0.2, 0.25) is 0 Å². The summed E-state index contributed by atoms with van der Waals surface area (Å²) >= 11 is 0. The van der Waals surface area contributed by atoms with Crippen LogP contribution < -0.4 is 15.8 Å². The highest BCUT2D eigenvalue weighted by molar-refractivity contribution is 6.04.